The third-order valence-corrected chi connectivity index (χ3v) is 7.94. The van der Waals surface area contributed by atoms with Gasteiger partial charge in [0.2, 0.25) is 5.95 Å². The smallest absolute Gasteiger partial charge is 0.268 e. The zero-order valence-corrected chi connectivity index (χ0v) is 21.8. The maximum atomic E-state index is 12.8. The Morgan fingerprint density at radius 1 is 1.18 bits per heavy atom. The van der Waals surface area contributed by atoms with E-state index in [0.717, 1.165) is 34.6 Å². The van der Waals surface area contributed by atoms with Crippen LogP contribution < -0.4 is 10.1 Å². The first kappa shape index (κ1) is 25.8. The number of aromatic amines is 1. The number of H-pyrrole nitrogens is 1. The average molecular weight is 486 g/mol. The molecule has 3 N–H and O–H groups in total. The van der Waals surface area contributed by atoms with E-state index >= 15 is 0 Å². The highest BCUT2D eigenvalue weighted by atomic mass is 32.1. The van der Waals surface area contributed by atoms with Crippen molar-refractivity contribution < 1.29 is 14.6 Å². The summed E-state index contributed by atoms with van der Waals surface area (Å²) in [6, 6.07) is 8.38. The molecule has 1 unspecified atom stereocenters. The standard InChI is InChI=1S/C25H35N5O3S/c1-8-25(9-2,17-10-11-18(15(3)12-17)33-14-19(31)24(5,6)7)20-13-16(4)21(34-20)22(32)26-23-27-29-30-28-23/h10-13,19,31H,8-9,14H2,1-7H3,(H2,26,27,28,29,30,32). The Morgan fingerprint density at radius 3 is 2.44 bits per heavy atom. The highest BCUT2D eigenvalue weighted by Gasteiger charge is 2.34. The number of amides is 1. The molecule has 0 saturated carbocycles. The van der Waals surface area contributed by atoms with Gasteiger partial charge < -0.3 is 9.84 Å². The van der Waals surface area contributed by atoms with E-state index in [1.165, 1.54) is 16.9 Å². The minimum absolute atomic E-state index is 0.222. The number of aliphatic hydroxyl groups is 1. The van der Waals surface area contributed by atoms with Gasteiger partial charge in [-0.15, -0.1) is 11.3 Å². The number of nitrogens with zero attached hydrogens (tertiary/aromatic N) is 3. The molecule has 0 aliphatic carbocycles. The SMILES string of the molecule is CCC(CC)(c1ccc(OCC(O)C(C)(C)C)c(C)c1)c1cc(C)c(C(=O)Nc2nnn[nH]2)s1. The van der Waals surface area contributed by atoms with Crippen LogP contribution >= 0.6 is 11.3 Å². The normalized spacial score (nSPS) is 13.1. The van der Waals surface area contributed by atoms with Crippen LogP contribution in [0.3, 0.4) is 0 Å². The maximum Gasteiger partial charge on any atom is 0.268 e. The maximum absolute atomic E-state index is 12.8. The van der Waals surface area contributed by atoms with Crippen LogP contribution in [0, 0.1) is 19.3 Å². The lowest BCUT2D eigenvalue weighted by atomic mass is 9.74. The molecule has 0 aliphatic rings. The molecule has 8 nitrogen and oxygen atoms in total. The molecular weight excluding hydrogens is 450 g/mol. The fraction of sp³-hybridized carbons (Fsp3) is 0.520. The molecular formula is C25H35N5O3S. The van der Waals surface area contributed by atoms with Crippen LogP contribution in [-0.2, 0) is 5.41 Å². The third kappa shape index (κ3) is 5.31. The number of benzene rings is 1. The van der Waals surface area contributed by atoms with Crippen molar-refractivity contribution in [2.24, 2.45) is 5.41 Å². The molecule has 1 atom stereocenters. The van der Waals surface area contributed by atoms with Gasteiger partial charge in [-0.05, 0) is 71.4 Å². The molecule has 0 saturated heterocycles. The molecule has 0 fully saturated rings. The summed E-state index contributed by atoms with van der Waals surface area (Å²) in [6.07, 6.45) is 1.22. The molecule has 0 aliphatic heterocycles. The van der Waals surface area contributed by atoms with E-state index in [2.05, 4.69) is 58.0 Å². The van der Waals surface area contributed by atoms with Crippen LogP contribution in [0.25, 0.3) is 0 Å². The first-order chi connectivity index (χ1) is 16.0. The van der Waals surface area contributed by atoms with Crippen molar-refractivity contribution in [2.75, 3.05) is 11.9 Å². The number of anilines is 1. The number of hydrogen-bond acceptors (Lipinski definition) is 7. The largest absolute Gasteiger partial charge is 0.491 e. The van der Waals surface area contributed by atoms with E-state index in [-0.39, 0.29) is 29.3 Å². The van der Waals surface area contributed by atoms with Gasteiger partial charge in [-0.1, -0.05) is 51.9 Å². The Morgan fingerprint density at radius 2 is 1.88 bits per heavy atom. The van der Waals surface area contributed by atoms with Gasteiger partial charge in [0.25, 0.3) is 5.91 Å². The van der Waals surface area contributed by atoms with Crippen LogP contribution in [0.5, 0.6) is 5.75 Å². The minimum Gasteiger partial charge on any atom is -0.491 e. The topological polar surface area (TPSA) is 113 Å². The molecule has 2 heterocycles. The van der Waals surface area contributed by atoms with Gasteiger partial charge in [0, 0.05) is 10.3 Å². The molecule has 0 bridgehead atoms. The summed E-state index contributed by atoms with van der Waals surface area (Å²) >= 11 is 1.51. The molecule has 0 radical (unpaired) electrons. The number of aliphatic hydroxyl groups excluding tert-OH is 1. The monoisotopic (exact) mass is 485 g/mol. The highest BCUT2D eigenvalue weighted by Crippen LogP contribution is 2.44. The van der Waals surface area contributed by atoms with Crippen LogP contribution in [0.15, 0.2) is 24.3 Å². The lowest BCUT2D eigenvalue weighted by Gasteiger charge is -2.32. The predicted molar refractivity (Wildman–Crippen MR) is 135 cm³/mol. The van der Waals surface area contributed by atoms with Crippen molar-refractivity contribution in [1.29, 1.82) is 0 Å². The van der Waals surface area contributed by atoms with Gasteiger partial charge in [-0.3, -0.25) is 10.1 Å². The van der Waals surface area contributed by atoms with Crippen LogP contribution in [-0.4, -0.2) is 44.3 Å². The summed E-state index contributed by atoms with van der Waals surface area (Å²) in [5.74, 6) is 0.765. The number of aryl methyl sites for hydroxylation is 2. The quantitative estimate of drug-likeness (QED) is 0.392. The number of aromatic nitrogens is 4. The number of ether oxygens (including phenoxy) is 1. The summed E-state index contributed by atoms with van der Waals surface area (Å²) in [7, 11) is 0. The molecule has 184 valence electrons. The summed E-state index contributed by atoms with van der Waals surface area (Å²) in [5.41, 5.74) is 2.67. The zero-order valence-electron chi connectivity index (χ0n) is 21.0. The van der Waals surface area contributed by atoms with Crippen molar-refractivity contribution in [3.63, 3.8) is 0 Å². The van der Waals surface area contributed by atoms with E-state index in [9.17, 15) is 9.90 Å². The second kappa shape index (κ2) is 10.2. The Kier molecular flexibility index (Phi) is 7.77. The molecule has 3 aromatic rings. The second-order valence-electron chi connectivity index (χ2n) is 9.79. The van der Waals surface area contributed by atoms with Crippen molar-refractivity contribution >= 4 is 23.2 Å². The van der Waals surface area contributed by atoms with Gasteiger partial charge in [-0.25, -0.2) is 5.10 Å². The number of carbonyl (C=O) groups is 1. The van der Waals surface area contributed by atoms with Crippen LogP contribution in [0.4, 0.5) is 5.95 Å². The lowest BCUT2D eigenvalue weighted by Crippen LogP contribution is -2.32. The Balaban J connectivity index is 1.89. The number of tetrazole rings is 1. The molecule has 1 amide bonds. The number of rotatable bonds is 9. The molecule has 34 heavy (non-hydrogen) atoms. The average Bonchev–Trinajstić information content (AvgIpc) is 3.43. The van der Waals surface area contributed by atoms with Crippen LogP contribution in [0.2, 0.25) is 0 Å². The number of carbonyl (C=O) groups excluding carboxylic acids is 1. The Labute approximate surface area is 205 Å². The van der Waals surface area contributed by atoms with Crippen molar-refractivity contribution in [1.82, 2.24) is 20.6 Å². The Hall–Kier alpha value is -2.78. The Bertz CT molecular complexity index is 1110. The third-order valence-electron chi connectivity index (χ3n) is 6.50. The highest BCUT2D eigenvalue weighted by molar-refractivity contribution is 7.14. The van der Waals surface area contributed by atoms with Crippen molar-refractivity contribution in [3.05, 3.63) is 50.7 Å². The van der Waals surface area contributed by atoms with Crippen LogP contribution in [0.1, 0.15) is 78.7 Å². The van der Waals surface area contributed by atoms with Crippen molar-refractivity contribution in [3.8, 4) is 5.75 Å². The minimum atomic E-state index is -0.552. The van der Waals surface area contributed by atoms with Gasteiger partial charge >= 0.3 is 0 Å². The second-order valence-corrected chi connectivity index (χ2v) is 10.8. The van der Waals surface area contributed by atoms with Gasteiger partial charge in [0.1, 0.15) is 12.4 Å². The fourth-order valence-electron chi connectivity index (χ4n) is 4.00. The first-order valence-electron chi connectivity index (χ1n) is 11.6. The van der Waals surface area contributed by atoms with Gasteiger partial charge in [0.15, 0.2) is 0 Å². The molecule has 9 heteroatoms. The van der Waals surface area contributed by atoms with E-state index in [4.69, 9.17) is 4.74 Å². The first-order valence-corrected chi connectivity index (χ1v) is 12.4. The van der Waals surface area contributed by atoms with E-state index in [0.29, 0.717) is 4.88 Å². The van der Waals surface area contributed by atoms with E-state index in [1.807, 2.05) is 40.7 Å². The molecule has 1 aromatic carbocycles. The number of nitrogens with one attached hydrogen (secondary N) is 2. The molecule has 0 spiro atoms. The van der Waals surface area contributed by atoms with Gasteiger partial charge in [-0.2, -0.15) is 0 Å². The van der Waals surface area contributed by atoms with Crippen molar-refractivity contribution in [2.45, 2.75) is 72.8 Å². The zero-order chi connectivity index (χ0) is 25.1. The number of hydrogen-bond donors (Lipinski definition) is 3. The predicted octanol–water partition coefficient (Wildman–Crippen LogP) is 5.02. The summed E-state index contributed by atoms with van der Waals surface area (Å²) in [5, 5.41) is 26.3. The summed E-state index contributed by atoms with van der Waals surface area (Å²) in [4.78, 5) is 14.6. The summed E-state index contributed by atoms with van der Waals surface area (Å²) in [6.45, 7) is 14.6. The summed E-state index contributed by atoms with van der Waals surface area (Å²) < 4.78 is 5.95. The lowest BCUT2D eigenvalue weighted by molar-refractivity contribution is 0.0216. The van der Waals surface area contributed by atoms with E-state index in [1.54, 1.807) is 0 Å². The molecule has 3 rings (SSSR count). The molecule has 2 aromatic heterocycles. The van der Waals surface area contributed by atoms with Gasteiger partial charge in [0.05, 0.1) is 11.0 Å². The van der Waals surface area contributed by atoms with E-state index < -0.39 is 6.10 Å². The fourth-order valence-corrected chi connectivity index (χ4v) is 5.42. The number of thiophene rings is 1.